The summed E-state index contributed by atoms with van der Waals surface area (Å²) in [6.07, 6.45) is 3.44. The Morgan fingerprint density at radius 1 is 1.34 bits per heavy atom. The van der Waals surface area contributed by atoms with Gasteiger partial charge < -0.3 is 14.4 Å². The summed E-state index contributed by atoms with van der Waals surface area (Å²) in [4.78, 5) is 19.3. The molecule has 4 heterocycles. The lowest BCUT2D eigenvalue weighted by Gasteiger charge is -2.34. The topological polar surface area (TPSA) is 69.0 Å². The van der Waals surface area contributed by atoms with E-state index in [1.807, 2.05) is 38.4 Å². The van der Waals surface area contributed by atoms with Gasteiger partial charge in [0.1, 0.15) is 5.60 Å². The molecular formula is C21H26N4O3S. The Labute approximate surface area is 174 Å². The maximum atomic E-state index is 12.5. The monoisotopic (exact) mass is 414 g/mol. The molecule has 1 amide bonds. The van der Waals surface area contributed by atoms with Crippen molar-refractivity contribution in [2.45, 2.75) is 45.1 Å². The average Bonchev–Trinajstić information content (AvgIpc) is 3.35. The molecule has 1 unspecified atom stereocenters. The van der Waals surface area contributed by atoms with Crippen LogP contribution in [0.2, 0.25) is 0 Å². The number of piperidine rings is 1. The molecule has 1 aliphatic heterocycles. The van der Waals surface area contributed by atoms with Crippen LogP contribution in [-0.4, -0.2) is 51.4 Å². The Morgan fingerprint density at radius 3 is 2.86 bits per heavy atom. The van der Waals surface area contributed by atoms with Crippen molar-refractivity contribution in [3.05, 3.63) is 34.8 Å². The van der Waals surface area contributed by atoms with Crippen molar-refractivity contribution in [1.29, 1.82) is 0 Å². The van der Waals surface area contributed by atoms with Crippen LogP contribution in [0.15, 0.2) is 29.1 Å². The fourth-order valence-corrected chi connectivity index (χ4v) is 4.30. The summed E-state index contributed by atoms with van der Waals surface area (Å²) in [6, 6.07) is 3.99. The molecule has 154 valence electrons. The summed E-state index contributed by atoms with van der Waals surface area (Å²) in [7, 11) is 1.64. The summed E-state index contributed by atoms with van der Waals surface area (Å²) in [5.74, 6) is 0.765. The van der Waals surface area contributed by atoms with Gasteiger partial charge in [0.25, 0.3) is 0 Å². The first kappa shape index (κ1) is 19.7. The number of fused-ring (bicyclic) bond motifs is 1. The zero-order valence-corrected chi connectivity index (χ0v) is 18.0. The smallest absolute Gasteiger partial charge is 0.410 e. The van der Waals surface area contributed by atoms with Crippen molar-refractivity contribution < 1.29 is 14.3 Å². The van der Waals surface area contributed by atoms with Crippen molar-refractivity contribution in [2.75, 3.05) is 20.2 Å². The molecule has 0 aliphatic carbocycles. The number of nitrogens with zero attached hydrogens (tertiary/aromatic N) is 4. The number of amides is 1. The third kappa shape index (κ3) is 4.07. The fourth-order valence-electron chi connectivity index (χ4n) is 3.64. The fraction of sp³-hybridized carbons (Fsp3) is 0.476. The molecule has 0 radical (unpaired) electrons. The maximum absolute atomic E-state index is 12.5. The summed E-state index contributed by atoms with van der Waals surface area (Å²) in [5.41, 5.74) is 3.26. The van der Waals surface area contributed by atoms with Gasteiger partial charge >= 0.3 is 6.09 Å². The molecule has 1 atom stereocenters. The normalized spacial score (nSPS) is 17.5. The molecule has 8 heteroatoms. The first-order valence-electron chi connectivity index (χ1n) is 9.79. The third-order valence-electron chi connectivity index (χ3n) is 4.99. The molecule has 1 saturated heterocycles. The molecular weight excluding hydrogens is 388 g/mol. The van der Waals surface area contributed by atoms with Gasteiger partial charge in [-0.25, -0.2) is 9.78 Å². The van der Waals surface area contributed by atoms with Crippen LogP contribution in [0, 0.1) is 0 Å². The Hall–Kier alpha value is -2.61. The largest absolute Gasteiger partial charge is 0.481 e. The molecule has 4 rings (SSSR count). The number of hydrogen-bond acceptors (Lipinski definition) is 6. The van der Waals surface area contributed by atoms with Crippen molar-refractivity contribution in [1.82, 2.24) is 19.5 Å². The number of aromatic nitrogens is 3. The van der Waals surface area contributed by atoms with E-state index in [9.17, 15) is 4.79 Å². The van der Waals surface area contributed by atoms with Gasteiger partial charge in [0.2, 0.25) is 5.88 Å². The highest BCUT2D eigenvalue weighted by Crippen LogP contribution is 2.32. The molecule has 1 aliphatic rings. The average molecular weight is 415 g/mol. The van der Waals surface area contributed by atoms with Crippen molar-refractivity contribution in [3.8, 4) is 17.0 Å². The minimum atomic E-state index is -0.503. The van der Waals surface area contributed by atoms with Gasteiger partial charge in [-0.2, -0.15) is 21.0 Å². The van der Waals surface area contributed by atoms with Crippen molar-refractivity contribution in [3.63, 3.8) is 0 Å². The maximum Gasteiger partial charge on any atom is 0.410 e. The molecule has 0 N–H and O–H groups in total. The Kier molecular flexibility index (Phi) is 5.21. The van der Waals surface area contributed by atoms with Gasteiger partial charge in [0.05, 0.1) is 19.0 Å². The zero-order valence-electron chi connectivity index (χ0n) is 17.2. The number of rotatable bonds is 3. The molecule has 7 nitrogen and oxygen atoms in total. The molecule has 0 spiro atoms. The molecule has 29 heavy (non-hydrogen) atoms. The Bertz CT molecular complexity index is 1010. The Balaban J connectivity index is 1.66. The number of carbonyl (C=O) groups excluding carboxylic acids is 1. The van der Waals surface area contributed by atoms with Crippen molar-refractivity contribution in [2.24, 2.45) is 0 Å². The molecule has 0 saturated carbocycles. The lowest BCUT2D eigenvalue weighted by molar-refractivity contribution is 0.0197. The second-order valence-corrected chi connectivity index (χ2v) is 9.07. The van der Waals surface area contributed by atoms with E-state index in [2.05, 4.69) is 16.5 Å². The minimum absolute atomic E-state index is 0.125. The molecule has 3 aromatic heterocycles. The summed E-state index contributed by atoms with van der Waals surface area (Å²) in [5, 5.41) is 8.59. The van der Waals surface area contributed by atoms with Gasteiger partial charge in [0.15, 0.2) is 5.65 Å². The van der Waals surface area contributed by atoms with Crippen molar-refractivity contribution >= 4 is 23.1 Å². The van der Waals surface area contributed by atoms with Gasteiger partial charge in [0, 0.05) is 30.6 Å². The lowest BCUT2D eigenvalue weighted by atomic mass is 9.94. The number of hydrogen-bond donors (Lipinski definition) is 0. The van der Waals surface area contributed by atoms with Gasteiger partial charge in [-0.15, -0.1) is 0 Å². The van der Waals surface area contributed by atoms with Crippen LogP contribution in [0.25, 0.3) is 16.8 Å². The van der Waals surface area contributed by atoms with E-state index in [0.29, 0.717) is 19.0 Å². The molecule has 3 aromatic rings. The van der Waals surface area contributed by atoms with Crippen LogP contribution < -0.4 is 4.74 Å². The van der Waals surface area contributed by atoms with Gasteiger partial charge in [-0.05, 0) is 56.0 Å². The first-order valence-corrected chi connectivity index (χ1v) is 10.7. The van der Waals surface area contributed by atoms with Crippen LogP contribution in [0.5, 0.6) is 5.88 Å². The number of ether oxygens (including phenoxy) is 2. The predicted octanol–water partition coefficient (Wildman–Crippen LogP) is 4.58. The van der Waals surface area contributed by atoms with Crippen LogP contribution in [0.4, 0.5) is 4.79 Å². The van der Waals surface area contributed by atoms with Crippen LogP contribution >= 0.6 is 11.3 Å². The van der Waals surface area contributed by atoms with E-state index in [-0.39, 0.29) is 12.0 Å². The summed E-state index contributed by atoms with van der Waals surface area (Å²) < 4.78 is 12.9. The summed E-state index contributed by atoms with van der Waals surface area (Å²) >= 11 is 1.64. The third-order valence-corrected chi connectivity index (χ3v) is 5.67. The first-order chi connectivity index (χ1) is 13.9. The number of methoxy groups -OCH3 is 1. The van der Waals surface area contributed by atoms with E-state index < -0.39 is 5.60 Å². The molecule has 0 aromatic carbocycles. The highest BCUT2D eigenvalue weighted by atomic mass is 32.1. The van der Waals surface area contributed by atoms with Crippen LogP contribution in [0.3, 0.4) is 0 Å². The number of thiophene rings is 1. The van der Waals surface area contributed by atoms with E-state index >= 15 is 0 Å². The van der Waals surface area contributed by atoms with Crippen LogP contribution in [-0.2, 0) is 4.74 Å². The molecule has 0 bridgehead atoms. The second kappa shape index (κ2) is 7.67. The second-order valence-electron chi connectivity index (χ2n) is 8.29. The number of likely N-dealkylation sites (tertiary alicyclic amines) is 1. The zero-order chi connectivity index (χ0) is 20.6. The van der Waals surface area contributed by atoms with E-state index in [1.165, 1.54) is 0 Å². The summed E-state index contributed by atoms with van der Waals surface area (Å²) in [6.45, 7) is 6.95. The van der Waals surface area contributed by atoms with Crippen LogP contribution in [0.1, 0.15) is 45.2 Å². The lowest BCUT2D eigenvalue weighted by Crippen LogP contribution is -2.42. The number of carbonyl (C=O) groups is 1. The molecule has 1 fully saturated rings. The van der Waals surface area contributed by atoms with E-state index in [1.54, 1.807) is 27.9 Å². The van der Waals surface area contributed by atoms with E-state index in [4.69, 9.17) is 14.5 Å². The Morgan fingerprint density at radius 2 is 2.17 bits per heavy atom. The van der Waals surface area contributed by atoms with E-state index in [0.717, 1.165) is 35.3 Å². The standard InChI is InChI=1S/C21H26N4O3S/c1-21(2,3)28-20(26)24-8-5-6-14(12-24)17-10-18(27-4)25-19(23-17)16(11-22-25)15-7-9-29-13-15/h7,9-11,13-14H,5-6,8,12H2,1-4H3. The highest BCUT2D eigenvalue weighted by Gasteiger charge is 2.30. The van der Waals surface area contributed by atoms with Gasteiger partial charge in [-0.3, -0.25) is 0 Å². The minimum Gasteiger partial charge on any atom is -0.481 e. The highest BCUT2D eigenvalue weighted by molar-refractivity contribution is 7.08. The predicted molar refractivity (Wildman–Crippen MR) is 113 cm³/mol. The van der Waals surface area contributed by atoms with Gasteiger partial charge in [-0.1, -0.05) is 0 Å². The quantitative estimate of drug-likeness (QED) is 0.627. The SMILES string of the molecule is COc1cc(C2CCCN(C(=O)OC(C)(C)C)C2)nc2c(-c3ccsc3)cnn12.